The highest BCUT2D eigenvalue weighted by atomic mass is 16.6. The van der Waals surface area contributed by atoms with Gasteiger partial charge in [0, 0.05) is 6.54 Å². The van der Waals surface area contributed by atoms with Gasteiger partial charge < -0.3 is 9.47 Å². The van der Waals surface area contributed by atoms with Crippen LogP contribution < -0.4 is 0 Å². The first-order chi connectivity index (χ1) is 12.7. The molecule has 1 atom stereocenters. The van der Waals surface area contributed by atoms with Crippen LogP contribution in [0.2, 0.25) is 0 Å². The van der Waals surface area contributed by atoms with Crippen LogP contribution in [0.4, 0.5) is 4.79 Å². The van der Waals surface area contributed by atoms with Gasteiger partial charge in [-0.3, -0.25) is 4.90 Å². The second-order valence-electron chi connectivity index (χ2n) is 7.25. The molecule has 0 aromatic heterocycles. The van der Waals surface area contributed by atoms with Crippen molar-refractivity contribution in [3.8, 4) is 0 Å². The summed E-state index contributed by atoms with van der Waals surface area (Å²) in [6, 6.07) is -0.457. The molecule has 0 saturated carbocycles. The Morgan fingerprint density at radius 2 is 1.42 bits per heavy atom. The van der Waals surface area contributed by atoms with Crippen molar-refractivity contribution in [1.82, 2.24) is 4.90 Å². The SMILES string of the molecule is CCCCCCCCCCCCCOC(=O)C1CCCN1C(=O)OCC. The average Bonchev–Trinajstić information content (AvgIpc) is 3.12. The van der Waals surface area contributed by atoms with E-state index in [1.807, 2.05) is 0 Å². The molecule has 1 aliphatic heterocycles. The number of ether oxygens (including phenoxy) is 2. The normalized spacial score (nSPS) is 16.7. The van der Waals surface area contributed by atoms with E-state index in [1.165, 1.54) is 62.7 Å². The summed E-state index contributed by atoms with van der Waals surface area (Å²) in [6.07, 6.45) is 15.1. The van der Waals surface area contributed by atoms with E-state index in [0.29, 0.717) is 26.2 Å². The lowest BCUT2D eigenvalue weighted by molar-refractivity contribution is -0.148. The molecule has 1 amide bonds. The fourth-order valence-electron chi connectivity index (χ4n) is 3.47. The summed E-state index contributed by atoms with van der Waals surface area (Å²) >= 11 is 0. The number of hydrogen-bond acceptors (Lipinski definition) is 4. The lowest BCUT2D eigenvalue weighted by Gasteiger charge is -2.22. The fourth-order valence-corrected chi connectivity index (χ4v) is 3.47. The molecule has 1 aliphatic rings. The molecule has 0 aliphatic carbocycles. The molecule has 0 aromatic carbocycles. The van der Waals surface area contributed by atoms with Crippen LogP contribution >= 0.6 is 0 Å². The van der Waals surface area contributed by atoms with Gasteiger partial charge in [-0.1, -0.05) is 71.1 Å². The van der Waals surface area contributed by atoms with E-state index in [2.05, 4.69) is 6.92 Å². The molecule has 0 N–H and O–H groups in total. The molecule has 26 heavy (non-hydrogen) atoms. The van der Waals surface area contributed by atoms with Gasteiger partial charge in [-0.05, 0) is 26.2 Å². The van der Waals surface area contributed by atoms with E-state index < -0.39 is 12.1 Å². The van der Waals surface area contributed by atoms with Crippen molar-refractivity contribution in [1.29, 1.82) is 0 Å². The van der Waals surface area contributed by atoms with Gasteiger partial charge >= 0.3 is 12.1 Å². The first-order valence-corrected chi connectivity index (χ1v) is 10.8. The number of likely N-dealkylation sites (tertiary alicyclic amines) is 1. The maximum Gasteiger partial charge on any atom is 0.410 e. The van der Waals surface area contributed by atoms with Crippen molar-refractivity contribution >= 4 is 12.1 Å². The van der Waals surface area contributed by atoms with E-state index in [9.17, 15) is 9.59 Å². The van der Waals surface area contributed by atoms with Crippen LogP contribution in [0.1, 0.15) is 97.3 Å². The minimum absolute atomic E-state index is 0.275. The van der Waals surface area contributed by atoms with Crippen molar-refractivity contribution < 1.29 is 19.1 Å². The first-order valence-electron chi connectivity index (χ1n) is 10.8. The average molecular weight is 370 g/mol. The summed E-state index contributed by atoms with van der Waals surface area (Å²) in [5.74, 6) is -0.275. The highest BCUT2D eigenvalue weighted by molar-refractivity contribution is 5.82. The Morgan fingerprint density at radius 3 is 2.00 bits per heavy atom. The zero-order valence-electron chi connectivity index (χ0n) is 17.0. The molecule has 1 rings (SSSR count). The van der Waals surface area contributed by atoms with Crippen LogP contribution in [-0.2, 0) is 14.3 Å². The molecular weight excluding hydrogens is 330 g/mol. The van der Waals surface area contributed by atoms with Crippen LogP contribution in [0.3, 0.4) is 0 Å². The number of hydrogen-bond donors (Lipinski definition) is 0. The molecule has 0 radical (unpaired) electrons. The monoisotopic (exact) mass is 369 g/mol. The summed E-state index contributed by atoms with van der Waals surface area (Å²) in [5.41, 5.74) is 0. The predicted molar refractivity (Wildman–Crippen MR) is 104 cm³/mol. The number of rotatable bonds is 14. The first kappa shape index (κ1) is 22.8. The molecule has 152 valence electrons. The Kier molecular flexibility index (Phi) is 13.0. The zero-order chi connectivity index (χ0) is 19.0. The summed E-state index contributed by atoms with van der Waals surface area (Å²) < 4.78 is 10.4. The maximum atomic E-state index is 12.2. The van der Waals surface area contributed by atoms with E-state index in [0.717, 1.165) is 19.3 Å². The minimum atomic E-state index is -0.457. The van der Waals surface area contributed by atoms with Crippen LogP contribution in [0.5, 0.6) is 0 Å². The van der Waals surface area contributed by atoms with E-state index in [4.69, 9.17) is 9.47 Å². The van der Waals surface area contributed by atoms with Crippen LogP contribution in [0, 0.1) is 0 Å². The lowest BCUT2D eigenvalue weighted by atomic mass is 10.1. The maximum absolute atomic E-state index is 12.2. The van der Waals surface area contributed by atoms with Gasteiger partial charge in [0.15, 0.2) is 0 Å². The van der Waals surface area contributed by atoms with Gasteiger partial charge in [-0.2, -0.15) is 0 Å². The van der Waals surface area contributed by atoms with Gasteiger partial charge in [-0.25, -0.2) is 9.59 Å². The van der Waals surface area contributed by atoms with Gasteiger partial charge in [-0.15, -0.1) is 0 Å². The predicted octanol–water partition coefficient (Wildman–Crippen LogP) is 5.46. The van der Waals surface area contributed by atoms with Crippen molar-refractivity contribution in [2.24, 2.45) is 0 Å². The molecule has 5 nitrogen and oxygen atoms in total. The van der Waals surface area contributed by atoms with Gasteiger partial charge in [0.1, 0.15) is 6.04 Å². The third-order valence-corrected chi connectivity index (χ3v) is 5.02. The van der Waals surface area contributed by atoms with E-state index in [1.54, 1.807) is 6.92 Å². The number of esters is 1. The van der Waals surface area contributed by atoms with Crippen LogP contribution in [0.25, 0.3) is 0 Å². The van der Waals surface area contributed by atoms with E-state index in [-0.39, 0.29) is 5.97 Å². The molecule has 1 unspecified atom stereocenters. The molecule has 0 bridgehead atoms. The summed E-state index contributed by atoms with van der Waals surface area (Å²) in [5, 5.41) is 0. The second-order valence-corrected chi connectivity index (χ2v) is 7.25. The van der Waals surface area contributed by atoms with Gasteiger partial charge in [0.25, 0.3) is 0 Å². The summed E-state index contributed by atoms with van der Waals surface area (Å²) in [6.45, 7) is 5.39. The second kappa shape index (κ2) is 14.9. The summed E-state index contributed by atoms with van der Waals surface area (Å²) in [7, 11) is 0. The Hall–Kier alpha value is -1.26. The largest absolute Gasteiger partial charge is 0.464 e. The number of amides is 1. The Bertz CT molecular complexity index is 386. The van der Waals surface area contributed by atoms with Crippen molar-refractivity contribution in [3.05, 3.63) is 0 Å². The smallest absolute Gasteiger partial charge is 0.410 e. The molecule has 1 saturated heterocycles. The highest BCUT2D eigenvalue weighted by Gasteiger charge is 2.36. The standard InChI is InChI=1S/C21H39NO4/c1-3-5-6-7-8-9-10-11-12-13-14-18-26-20(23)19-16-15-17-22(19)21(24)25-4-2/h19H,3-18H2,1-2H3. The number of carbonyl (C=O) groups is 2. The van der Waals surface area contributed by atoms with Crippen LogP contribution in [0.15, 0.2) is 0 Å². The van der Waals surface area contributed by atoms with Crippen LogP contribution in [-0.4, -0.2) is 42.8 Å². The number of nitrogens with zero attached hydrogens (tertiary/aromatic N) is 1. The molecular formula is C21H39NO4. The third-order valence-electron chi connectivity index (χ3n) is 5.02. The molecule has 0 spiro atoms. The third kappa shape index (κ3) is 9.44. The molecule has 5 heteroatoms. The fraction of sp³-hybridized carbons (Fsp3) is 0.905. The molecule has 0 aromatic rings. The Balaban J connectivity index is 1.99. The van der Waals surface area contributed by atoms with Gasteiger partial charge in [0.2, 0.25) is 0 Å². The topological polar surface area (TPSA) is 55.8 Å². The number of unbranched alkanes of at least 4 members (excludes halogenated alkanes) is 10. The molecule has 1 fully saturated rings. The lowest BCUT2D eigenvalue weighted by Crippen LogP contribution is -2.41. The zero-order valence-corrected chi connectivity index (χ0v) is 17.0. The Morgan fingerprint density at radius 1 is 0.846 bits per heavy atom. The summed E-state index contributed by atoms with van der Waals surface area (Å²) in [4.78, 5) is 25.5. The van der Waals surface area contributed by atoms with Crippen molar-refractivity contribution in [2.75, 3.05) is 19.8 Å². The van der Waals surface area contributed by atoms with E-state index >= 15 is 0 Å². The quantitative estimate of drug-likeness (QED) is 0.301. The van der Waals surface area contributed by atoms with Crippen molar-refractivity contribution in [2.45, 2.75) is 103 Å². The Labute approximate surface area is 159 Å². The molecule has 1 heterocycles. The number of carbonyl (C=O) groups excluding carboxylic acids is 2. The minimum Gasteiger partial charge on any atom is -0.464 e. The highest BCUT2D eigenvalue weighted by Crippen LogP contribution is 2.20. The van der Waals surface area contributed by atoms with Gasteiger partial charge in [0.05, 0.1) is 13.2 Å². The van der Waals surface area contributed by atoms with Crippen molar-refractivity contribution in [3.63, 3.8) is 0 Å².